The molecule has 1 fully saturated rings. The molecule has 0 aliphatic carbocycles. The van der Waals surface area contributed by atoms with Crippen molar-refractivity contribution in [3.63, 3.8) is 0 Å². The van der Waals surface area contributed by atoms with E-state index in [1.54, 1.807) is 29.2 Å². The molecule has 1 atom stereocenters. The first-order valence-corrected chi connectivity index (χ1v) is 11.1. The number of ether oxygens (including phenoxy) is 2. The minimum Gasteiger partial charge on any atom is -0.490 e. The Kier molecular flexibility index (Phi) is 7.17. The van der Waals surface area contributed by atoms with Gasteiger partial charge in [-0.25, -0.2) is 13.4 Å². The fraction of sp³-hybridized carbons (Fsp3) is 0.409. The molecule has 1 heterocycles. The summed E-state index contributed by atoms with van der Waals surface area (Å²) >= 11 is -2.22. The van der Waals surface area contributed by atoms with Crippen molar-refractivity contribution in [1.82, 2.24) is 4.90 Å². The van der Waals surface area contributed by atoms with Gasteiger partial charge in [0.2, 0.25) is 0 Å². The number of amides is 1. The zero-order chi connectivity index (χ0) is 22.6. The third kappa shape index (κ3) is 6.67. The van der Waals surface area contributed by atoms with Crippen LogP contribution in [0.5, 0.6) is 5.75 Å². The Labute approximate surface area is 183 Å². The molecule has 3 rings (SSSR count). The molecule has 1 saturated heterocycles. The highest BCUT2D eigenvalue weighted by Gasteiger charge is 2.27. The van der Waals surface area contributed by atoms with Gasteiger partial charge in [0.05, 0.1) is 10.6 Å². The summed E-state index contributed by atoms with van der Waals surface area (Å²) in [6, 6.07) is 10.9. The largest absolute Gasteiger partial charge is 0.490 e. The van der Waals surface area contributed by atoms with Gasteiger partial charge in [-0.2, -0.15) is 0 Å². The summed E-state index contributed by atoms with van der Waals surface area (Å²) in [6.07, 6.45) is 1.13. The monoisotopic (exact) mass is 450 g/mol. The fourth-order valence-corrected chi connectivity index (χ4v) is 3.54. The van der Waals surface area contributed by atoms with Gasteiger partial charge < -0.3 is 24.2 Å². The van der Waals surface area contributed by atoms with E-state index in [0.717, 1.165) is 6.07 Å². The van der Waals surface area contributed by atoms with E-state index in [4.69, 9.17) is 14.0 Å². The molecule has 2 N–H and O–H groups in total. The number of halogens is 1. The number of nitrogens with one attached hydrogen (secondary N) is 1. The molecule has 0 radical (unpaired) electrons. The zero-order valence-electron chi connectivity index (χ0n) is 17.8. The summed E-state index contributed by atoms with van der Waals surface area (Å²) < 4.78 is 45.6. The van der Waals surface area contributed by atoms with Crippen LogP contribution in [0, 0.1) is 5.82 Å². The summed E-state index contributed by atoms with van der Waals surface area (Å²) in [7, 11) is 0. The van der Waals surface area contributed by atoms with E-state index in [1.165, 1.54) is 12.1 Å². The molecular weight excluding hydrogens is 423 g/mol. The Morgan fingerprint density at radius 3 is 2.35 bits per heavy atom. The van der Waals surface area contributed by atoms with Crippen molar-refractivity contribution in [3.05, 3.63) is 48.3 Å². The second-order valence-corrected chi connectivity index (χ2v) is 9.29. The van der Waals surface area contributed by atoms with Crippen LogP contribution in [0.25, 0.3) is 0 Å². The summed E-state index contributed by atoms with van der Waals surface area (Å²) in [6.45, 7) is 6.69. The van der Waals surface area contributed by atoms with Crippen LogP contribution < -0.4 is 10.1 Å². The Morgan fingerprint density at radius 1 is 1.16 bits per heavy atom. The van der Waals surface area contributed by atoms with Crippen molar-refractivity contribution in [3.8, 4) is 5.75 Å². The van der Waals surface area contributed by atoms with Crippen molar-refractivity contribution >= 4 is 28.5 Å². The summed E-state index contributed by atoms with van der Waals surface area (Å²) in [4.78, 5) is 13.8. The fourth-order valence-electron chi connectivity index (χ4n) is 3.15. The molecule has 0 saturated carbocycles. The highest BCUT2D eigenvalue weighted by atomic mass is 32.2. The van der Waals surface area contributed by atoms with Crippen LogP contribution in [0.1, 0.15) is 33.6 Å². The van der Waals surface area contributed by atoms with E-state index < -0.39 is 22.5 Å². The number of hydrogen-bond donors (Lipinski definition) is 2. The number of benzene rings is 2. The smallest absolute Gasteiger partial charge is 0.410 e. The first-order chi connectivity index (χ1) is 14.6. The number of rotatable bonds is 5. The predicted molar refractivity (Wildman–Crippen MR) is 117 cm³/mol. The first-order valence-electron chi connectivity index (χ1n) is 10.0. The maximum atomic E-state index is 14.1. The molecule has 168 valence electrons. The van der Waals surface area contributed by atoms with Crippen molar-refractivity contribution in [2.45, 2.75) is 50.2 Å². The van der Waals surface area contributed by atoms with Crippen molar-refractivity contribution < 1.29 is 27.4 Å². The van der Waals surface area contributed by atoms with Crippen molar-refractivity contribution in [2.75, 3.05) is 18.4 Å². The lowest BCUT2D eigenvalue weighted by atomic mass is 10.1. The molecule has 9 heteroatoms. The summed E-state index contributed by atoms with van der Waals surface area (Å²) in [5.74, 6) is 0.0738. The number of piperidine rings is 1. The quantitative estimate of drug-likeness (QED) is 0.628. The highest BCUT2D eigenvalue weighted by Crippen LogP contribution is 2.25. The number of anilines is 2. The van der Waals surface area contributed by atoms with E-state index in [0.29, 0.717) is 37.4 Å². The number of hydrogen-bond acceptors (Lipinski definition) is 5. The third-order valence-corrected chi connectivity index (χ3v) is 5.33. The van der Waals surface area contributed by atoms with Crippen molar-refractivity contribution in [1.29, 1.82) is 0 Å². The average molecular weight is 451 g/mol. The van der Waals surface area contributed by atoms with Gasteiger partial charge in [0.15, 0.2) is 11.1 Å². The number of carbonyl (C=O) groups excluding carboxylic acids is 1. The number of nitrogens with zero attached hydrogens (tertiary/aromatic N) is 1. The van der Waals surface area contributed by atoms with Crippen LogP contribution in [0.4, 0.5) is 20.6 Å². The molecule has 1 aliphatic rings. The van der Waals surface area contributed by atoms with Crippen LogP contribution in [0.3, 0.4) is 0 Å². The van der Waals surface area contributed by atoms with E-state index in [-0.39, 0.29) is 22.8 Å². The number of carbonyl (C=O) groups is 1. The van der Waals surface area contributed by atoms with Gasteiger partial charge in [0.25, 0.3) is 0 Å². The Hall–Kier alpha value is -2.65. The van der Waals surface area contributed by atoms with Crippen LogP contribution in [-0.2, 0) is 15.8 Å². The standard InChI is InChI=1S/C22H27FN2O5S/c1-22(2,3)30-21(26)25-12-10-17(11-13-25)29-16-6-4-15(5-7-16)24-20-9-8-18(31(27)28)14-19(20)23/h4-9,14,17,24H,10-13H2,1-3H3,(H,27,28). The zero-order valence-corrected chi connectivity index (χ0v) is 18.6. The topological polar surface area (TPSA) is 88.1 Å². The van der Waals surface area contributed by atoms with Crippen LogP contribution in [0.15, 0.2) is 47.4 Å². The minimum absolute atomic E-state index is 0.00170. The number of likely N-dealkylation sites (tertiary alicyclic amines) is 1. The van der Waals surface area contributed by atoms with Crippen LogP contribution in [-0.4, -0.2) is 44.5 Å². The second-order valence-electron chi connectivity index (χ2n) is 8.32. The molecule has 2 aromatic carbocycles. The van der Waals surface area contributed by atoms with E-state index in [9.17, 15) is 13.4 Å². The molecular formula is C22H27FN2O5S. The summed E-state index contributed by atoms with van der Waals surface area (Å²) in [5.41, 5.74) is 0.351. The molecule has 31 heavy (non-hydrogen) atoms. The van der Waals surface area contributed by atoms with Gasteiger partial charge in [0, 0.05) is 31.6 Å². The molecule has 1 amide bonds. The SMILES string of the molecule is CC(C)(C)OC(=O)N1CCC(Oc2ccc(Nc3ccc(S(=O)O)cc3F)cc2)CC1. The van der Waals surface area contributed by atoms with E-state index in [1.807, 2.05) is 20.8 Å². The normalized spacial score (nSPS) is 16.0. The van der Waals surface area contributed by atoms with Gasteiger partial charge in [-0.3, -0.25) is 0 Å². The lowest BCUT2D eigenvalue weighted by Gasteiger charge is -2.33. The lowest BCUT2D eigenvalue weighted by Crippen LogP contribution is -2.44. The molecule has 1 unspecified atom stereocenters. The van der Waals surface area contributed by atoms with Gasteiger partial charge in [-0.1, -0.05) is 0 Å². The van der Waals surface area contributed by atoms with E-state index >= 15 is 0 Å². The van der Waals surface area contributed by atoms with Crippen molar-refractivity contribution in [2.24, 2.45) is 0 Å². The predicted octanol–water partition coefficient (Wildman–Crippen LogP) is 4.93. The molecule has 1 aliphatic heterocycles. The van der Waals surface area contributed by atoms with Gasteiger partial charge in [-0.15, -0.1) is 0 Å². The van der Waals surface area contributed by atoms with Gasteiger partial charge in [0.1, 0.15) is 23.3 Å². The Balaban J connectivity index is 1.51. The van der Waals surface area contributed by atoms with E-state index in [2.05, 4.69) is 5.32 Å². The molecule has 0 spiro atoms. The second kappa shape index (κ2) is 9.65. The van der Waals surface area contributed by atoms with Crippen LogP contribution in [0.2, 0.25) is 0 Å². The molecule has 0 bridgehead atoms. The maximum Gasteiger partial charge on any atom is 0.410 e. The van der Waals surface area contributed by atoms with Crippen LogP contribution >= 0.6 is 0 Å². The lowest BCUT2D eigenvalue weighted by molar-refractivity contribution is 0.0126. The van der Waals surface area contributed by atoms with Gasteiger partial charge >= 0.3 is 6.09 Å². The average Bonchev–Trinajstić information content (AvgIpc) is 2.70. The minimum atomic E-state index is -2.22. The Bertz CT molecular complexity index is 938. The first kappa shape index (κ1) is 23.0. The maximum absolute atomic E-state index is 14.1. The molecule has 7 nitrogen and oxygen atoms in total. The highest BCUT2D eigenvalue weighted by molar-refractivity contribution is 7.79. The molecule has 0 aromatic heterocycles. The van der Waals surface area contributed by atoms with Gasteiger partial charge in [-0.05, 0) is 63.2 Å². The Morgan fingerprint density at radius 2 is 1.81 bits per heavy atom. The third-order valence-electron chi connectivity index (χ3n) is 4.67. The summed E-state index contributed by atoms with van der Waals surface area (Å²) in [5, 5.41) is 2.94. The molecule has 2 aromatic rings.